The van der Waals surface area contributed by atoms with E-state index in [2.05, 4.69) is 44.8 Å². The highest BCUT2D eigenvalue weighted by Gasteiger charge is 2.20. The van der Waals surface area contributed by atoms with Crippen molar-refractivity contribution in [3.63, 3.8) is 0 Å². The summed E-state index contributed by atoms with van der Waals surface area (Å²) in [6.45, 7) is 5.16. The molecule has 0 atom stereocenters. The minimum Gasteiger partial charge on any atom is -0.371 e. The van der Waals surface area contributed by atoms with Crippen molar-refractivity contribution in [3.8, 4) is 0 Å². The van der Waals surface area contributed by atoms with E-state index in [1.165, 1.54) is 17.8 Å². The van der Waals surface area contributed by atoms with E-state index in [-0.39, 0.29) is 5.82 Å². The van der Waals surface area contributed by atoms with E-state index in [0.29, 0.717) is 24.6 Å². The average Bonchev–Trinajstić information content (AvgIpc) is 2.72. The molecular formula is C22H28F2N4. The third-order valence-corrected chi connectivity index (χ3v) is 4.96. The van der Waals surface area contributed by atoms with Crippen molar-refractivity contribution in [2.75, 3.05) is 31.1 Å². The van der Waals surface area contributed by atoms with Gasteiger partial charge in [0.1, 0.15) is 11.6 Å². The summed E-state index contributed by atoms with van der Waals surface area (Å²) in [6, 6.07) is 14.3. The van der Waals surface area contributed by atoms with Gasteiger partial charge in [-0.25, -0.2) is 8.78 Å². The second-order valence-electron chi connectivity index (χ2n) is 6.99. The quantitative estimate of drug-likeness (QED) is 0.587. The zero-order valence-corrected chi connectivity index (χ0v) is 16.3. The lowest BCUT2D eigenvalue weighted by atomic mass is 10.0. The number of nitrogens with zero attached hydrogens (tertiary/aromatic N) is 2. The van der Waals surface area contributed by atoms with Crippen LogP contribution in [0, 0.1) is 11.6 Å². The van der Waals surface area contributed by atoms with Crippen molar-refractivity contribution in [2.24, 2.45) is 4.99 Å². The molecule has 0 amide bonds. The Bertz CT molecular complexity index is 771. The van der Waals surface area contributed by atoms with Crippen LogP contribution in [0.4, 0.5) is 14.5 Å². The SMILES string of the molecule is CCNC(=NCCc1cc(F)ccc1F)NC1CCN(c2ccccc2)CC1. The number of hydrogen-bond acceptors (Lipinski definition) is 2. The number of halogens is 2. The molecule has 2 aromatic carbocycles. The van der Waals surface area contributed by atoms with Gasteiger partial charge in [0.15, 0.2) is 5.96 Å². The number of rotatable bonds is 6. The van der Waals surface area contributed by atoms with E-state index in [9.17, 15) is 8.78 Å². The molecule has 0 saturated carbocycles. The summed E-state index contributed by atoms with van der Waals surface area (Å²) in [6.07, 6.45) is 2.42. The molecule has 4 nitrogen and oxygen atoms in total. The van der Waals surface area contributed by atoms with Crippen LogP contribution in [-0.4, -0.2) is 38.2 Å². The van der Waals surface area contributed by atoms with Gasteiger partial charge in [0.2, 0.25) is 0 Å². The number of benzene rings is 2. The Morgan fingerprint density at radius 1 is 1.11 bits per heavy atom. The van der Waals surface area contributed by atoms with Gasteiger partial charge in [-0.15, -0.1) is 0 Å². The summed E-state index contributed by atoms with van der Waals surface area (Å²) in [5, 5.41) is 6.73. The Hall–Kier alpha value is -2.63. The van der Waals surface area contributed by atoms with Crippen LogP contribution in [0.15, 0.2) is 53.5 Å². The fraction of sp³-hybridized carbons (Fsp3) is 0.409. The van der Waals surface area contributed by atoms with Crippen molar-refractivity contribution in [1.29, 1.82) is 0 Å². The molecule has 1 aliphatic rings. The largest absolute Gasteiger partial charge is 0.371 e. The van der Waals surface area contributed by atoms with Crippen LogP contribution in [-0.2, 0) is 6.42 Å². The van der Waals surface area contributed by atoms with Gasteiger partial charge in [-0.05, 0) is 62.1 Å². The molecule has 1 fully saturated rings. The van der Waals surface area contributed by atoms with Crippen LogP contribution < -0.4 is 15.5 Å². The average molecular weight is 386 g/mol. The summed E-state index contributed by atoms with van der Waals surface area (Å²) in [4.78, 5) is 6.94. The van der Waals surface area contributed by atoms with Crippen molar-refractivity contribution >= 4 is 11.6 Å². The number of nitrogens with one attached hydrogen (secondary N) is 2. The molecule has 2 N–H and O–H groups in total. The lowest BCUT2D eigenvalue weighted by molar-refractivity contribution is 0.461. The fourth-order valence-electron chi connectivity index (χ4n) is 3.46. The summed E-state index contributed by atoms with van der Waals surface area (Å²) in [5.74, 6) is -0.0732. The molecule has 6 heteroatoms. The van der Waals surface area contributed by atoms with Gasteiger partial charge in [-0.2, -0.15) is 0 Å². The van der Waals surface area contributed by atoms with Gasteiger partial charge < -0.3 is 15.5 Å². The second kappa shape index (κ2) is 10.1. The minimum absolute atomic E-state index is 0.351. The molecule has 1 heterocycles. The predicted molar refractivity (Wildman–Crippen MR) is 111 cm³/mol. The Morgan fingerprint density at radius 2 is 1.86 bits per heavy atom. The molecule has 150 valence electrons. The van der Waals surface area contributed by atoms with Gasteiger partial charge in [0, 0.05) is 37.9 Å². The van der Waals surface area contributed by atoms with E-state index in [1.807, 2.05) is 13.0 Å². The number of hydrogen-bond donors (Lipinski definition) is 2. The minimum atomic E-state index is -0.421. The van der Waals surface area contributed by atoms with Gasteiger partial charge in [0.25, 0.3) is 0 Å². The van der Waals surface area contributed by atoms with Crippen LogP contribution in [0.1, 0.15) is 25.3 Å². The first-order chi connectivity index (χ1) is 13.7. The topological polar surface area (TPSA) is 39.7 Å². The number of anilines is 1. The summed E-state index contributed by atoms with van der Waals surface area (Å²) in [7, 11) is 0. The Labute approximate surface area is 165 Å². The molecule has 3 rings (SSSR count). The van der Waals surface area contributed by atoms with Gasteiger partial charge in [0.05, 0.1) is 0 Å². The fourth-order valence-corrected chi connectivity index (χ4v) is 3.46. The summed E-state index contributed by atoms with van der Waals surface area (Å²) < 4.78 is 27.0. The maximum absolute atomic E-state index is 13.7. The molecule has 0 unspecified atom stereocenters. The van der Waals surface area contributed by atoms with Gasteiger partial charge in [-0.1, -0.05) is 18.2 Å². The van der Waals surface area contributed by atoms with E-state index in [0.717, 1.165) is 44.5 Å². The van der Waals surface area contributed by atoms with Crippen molar-refractivity contribution in [3.05, 3.63) is 65.7 Å². The number of para-hydroxylation sites is 1. The third-order valence-electron chi connectivity index (χ3n) is 4.96. The molecule has 0 aromatic heterocycles. The van der Waals surface area contributed by atoms with Crippen molar-refractivity contribution in [2.45, 2.75) is 32.2 Å². The molecule has 0 bridgehead atoms. The maximum atomic E-state index is 13.7. The normalized spacial score (nSPS) is 15.5. The molecule has 0 aliphatic carbocycles. The van der Waals surface area contributed by atoms with E-state index in [1.54, 1.807) is 0 Å². The zero-order chi connectivity index (χ0) is 19.8. The Kier molecular flexibility index (Phi) is 7.23. The first-order valence-electron chi connectivity index (χ1n) is 9.94. The standard InChI is InChI=1S/C22H28F2N4/c1-2-25-22(26-13-10-17-16-18(23)8-9-21(17)24)27-19-11-14-28(15-12-19)20-6-4-3-5-7-20/h3-9,16,19H,2,10-15H2,1H3,(H2,25,26,27). The lowest BCUT2D eigenvalue weighted by Gasteiger charge is -2.34. The van der Waals surface area contributed by atoms with Gasteiger partial charge >= 0.3 is 0 Å². The third kappa shape index (κ3) is 5.68. The van der Waals surface area contributed by atoms with Crippen molar-refractivity contribution in [1.82, 2.24) is 10.6 Å². The van der Waals surface area contributed by atoms with Gasteiger partial charge in [-0.3, -0.25) is 4.99 Å². The first-order valence-corrected chi connectivity index (χ1v) is 9.94. The lowest BCUT2D eigenvalue weighted by Crippen LogP contribution is -2.48. The highest BCUT2D eigenvalue weighted by atomic mass is 19.1. The first kappa shape index (κ1) is 20.1. The van der Waals surface area contributed by atoms with Crippen LogP contribution in [0.5, 0.6) is 0 Å². The van der Waals surface area contributed by atoms with Crippen LogP contribution in [0.2, 0.25) is 0 Å². The van der Waals surface area contributed by atoms with E-state index in [4.69, 9.17) is 0 Å². The Balaban J connectivity index is 1.51. The molecule has 0 spiro atoms. The molecule has 1 aliphatic heterocycles. The number of piperidine rings is 1. The maximum Gasteiger partial charge on any atom is 0.191 e. The molecular weight excluding hydrogens is 358 g/mol. The molecule has 1 saturated heterocycles. The monoisotopic (exact) mass is 386 g/mol. The van der Waals surface area contributed by atoms with Crippen molar-refractivity contribution < 1.29 is 8.78 Å². The van der Waals surface area contributed by atoms with Crippen LogP contribution >= 0.6 is 0 Å². The molecule has 2 aromatic rings. The highest BCUT2D eigenvalue weighted by molar-refractivity contribution is 5.80. The smallest absolute Gasteiger partial charge is 0.191 e. The van der Waals surface area contributed by atoms with Crippen LogP contribution in [0.25, 0.3) is 0 Å². The second-order valence-corrected chi connectivity index (χ2v) is 6.99. The van der Waals surface area contributed by atoms with E-state index >= 15 is 0 Å². The molecule has 28 heavy (non-hydrogen) atoms. The highest BCUT2D eigenvalue weighted by Crippen LogP contribution is 2.19. The Morgan fingerprint density at radius 3 is 2.57 bits per heavy atom. The zero-order valence-electron chi connectivity index (χ0n) is 16.3. The molecule has 0 radical (unpaired) electrons. The summed E-state index contributed by atoms with van der Waals surface area (Å²) in [5.41, 5.74) is 1.62. The van der Waals surface area contributed by atoms with E-state index < -0.39 is 5.82 Å². The summed E-state index contributed by atoms with van der Waals surface area (Å²) >= 11 is 0. The van der Waals surface area contributed by atoms with Crippen LogP contribution in [0.3, 0.4) is 0 Å². The predicted octanol–water partition coefficient (Wildman–Crippen LogP) is 3.73. The number of guanidine groups is 1. The number of aliphatic imine (C=N–C) groups is 1.